The second-order valence-electron chi connectivity index (χ2n) is 10.2. The summed E-state index contributed by atoms with van der Waals surface area (Å²) >= 11 is 1.74. The molecule has 4 aromatic rings. The third-order valence-corrected chi connectivity index (χ3v) is 8.86. The fourth-order valence-corrected chi connectivity index (χ4v) is 6.82. The lowest BCUT2D eigenvalue weighted by Gasteiger charge is -2.42. The number of likely N-dealkylation sites (tertiary alicyclic amines) is 1. The zero-order chi connectivity index (χ0) is 27.6. The van der Waals surface area contributed by atoms with Crippen molar-refractivity contribution in [2.75, 3.05) is 0 Å². The van der Waals surface area contributed by atoms with Gasteiger partial charge in [-0.2, -0.15) is 0 Å². The van der Waals surface area contributed by atoms with Crippen LogP contribution in [0.1, 0.15) is 42.9 Å². The molecule has 3 unspecified atom stereocenters. The minimum atomic E-state index is -0.722. The maximum Gasteiger partial charge on any atom is 0.256 e. The number of amides is 1. The number of carbonyl (C=O) groups is 1. The van der Waals surface area contributed by atoms with Crippen molar-refractivity contribution in [2.45, 2.75) is 67.9 Å². The maximum absolute atomic E-state index is 14.4. The summed E-state index contributed by atoms with van der Waals surface area (Å²) in [7, 11) is 0. The summed E-state index contributed by atoms with van der Waals surface area (Å²) in [6.07, 6.45) is 1.59. The Morgan fingerprint density at radius 1 is 0.700 bits per heavy atom. The van der Waals surface area contributed by atoms with Gasteiger partial charge in [-0.05, 0) is 35.2 Å². The van der Waals surface area contributed by atoms with Crippen molar-refractivity contribution in [1.29, 1.82) is 0 Å². The molecule has 1 aliphatic rings. The van der Waals surface area contributed by atoms with Crippen LogP contribution >= 0.6 is 11.8 Å². The van der Waals surface area contributed by atoms with E-state index in [1.807, 2.05) is 77.7 Å². The standard InChI is InChI=1S/C35H37NO3S/c1-2-3-24-35(40-31-22-14-7-15-23-31)33(39-27-30-20-12-6-13-21-30)32(38-26-29-18-10-5-11-19-29)34(37)36(35)25-28-16-8-4-9-17-28/h4-23,32-33H,2-3,24-27H2,1H3. The third kappa shape index (κ3) is 6.67. The summed E-state index contributed by atoms with van der Waals surface area (Å²) in [4.78, 5) is 16.9. The maximum atomic E-state index is 14.4. The Morgan fingerprint density at radius 2 is 1.20 bits per heavy atom. The van der Waals surface area contributed by atoms with Gasteiger partial charge < -0.3 is 14.4 Å². The Kier molecular flexibility index (Phi) is 9.72. The number of hydrogen-bond acceptors (Lipinski definition) is 4. The first-order valence-electron chi connectivity index (χ1n) is 14.1. The molecule has 3 atom stereocenters. The van der Waals surface area contributed by atoms with Crippen LogP contribution in [-0.2, 0) is 34.0 Å². The van der Waals surface area contributed by atoms with Crippen LogP contribution in [0.2, 0.25) is 0 Å². The molecule has 1 amide bonds. The summed E-state index contributed by atoms with van der Waals surface area (Å²) in [5, 5.41) is 0. The Morgan fingerprint density at radius 3 is 1.75 bits per heavy atom. The molecule has 0 bridgehead atoms. The van der Waals surface area contributed by atoms with Gasteiger partial charge in [0.1, 0.15) is 11.0 Å². The molecule has 0 spiro atoms. The zero-order valence-electron chi connectivity index (χ0n) is 23.0. The first kappa shape index (κ1) is 28.2. The highest BCUT2D eigenvalue weighted by Gasteiger charge is 2.60. The summed E-state index contributed by atoms with van der Waals surface area (Å²) in [5.74, 6) is -0.0163. The molecule has 0 aromatic heterocycles. The van der Waals surface area contributed by atoms with Gasteiger partial charge in [-0.25, -0.2) is 0 Å². The van der Waals surface area contributed by atoms with Gasteiger partial charge in [-0.15, -0.1) is 0 Å². The van der Waals surface area contributed by atoms with Crippen LogP contribution in [0.3, 0.4) is 0 Å². The van der Waals surface area contributed by atoms with Crippen LogP contribution in [-0.4, -0.2) is 27.9 Å². The number of benzene rings is 4. The van der Waals surface area contributed by atoms with E-state index in [-0.39, 0.29) is 5.91 Å². The zero-order valence-corrected chi connectivity index (χ0v) is 23.8. The Hall–Kier alpha value is -3.38. The molecule has 40 heavy (non-hydrogen) atoms. The van der Waals surface area contributed by atoms with Crippen molar-refractivity contribution in [1.82, 2.24) is 4.90 Å². The SMILES string of the molecule is CCCCC1(Sc2ccccc2)C(OCc2ccccc2)C(OCc2ccccc2)C(=O)N1Cc1ccccc1. The van der Waals surface area contributed by atoms with Crippen LogP contribution in [0.4, 0.5) is 0 Å². The van der Waals surface area contributed by atoms with E-state index < -0.39 is 17.1 Å². The summed E-state index contributed by atoms with van der Waals surface area (Å²) in [6.45, 7) is 3.45. The van der Waals surface area contributed by atoms with Crippen LogP contribution in [0.15, 0.2) is 126 Å². The van der Waals surface area contributed by atoms with Crippen molar-refractivity contribution in [3.8, 4) is 0 Å². The Bertz CT molecular complexity index is 1320. The molecular formula is C35H37NO3S. The normalized spacial score (nSPS) is 20.6. The molecular weight excluding hydrogens is 514 g/mol. The molecule has 4 aromatic carbocycles. The first-order valence-corrected chi connectivity index (χ1v) is 14.9. The molecule has 5 rings (SSSR count). The highest BCUT2D eigenvalue weighted by molar-refractivity contribution is 8.00. The van der Waals surface area contributed by atoms with E-state index >= 15 is 0 Å². The van der Waals surface area contributed by atoms with Gasteiger partial charge in [0.05, 0.1) is 13.2 Å². The summed E-state index contributed by atoms with van der Waals surface area (Å²) in [5.41, 5.74) is 3.21. The van der Waals surface area contributed by atoms with E-state index in [0.29, 0.717) is 19.8 Å². The molecule has 0 aliphatic carbocycles. The molecule has 5 heteroatoms. The average molecular weight is 552 g/mol. The van der Waals surface area contributed by atoms with Gasteiger partial charge >= 0.3 is 0 Å². The van der Waals surface area contributed by atoms with E-state index in [9.17, 15) is 4.79 Å². The molecule has 0 N–H and O–H groups in total. The molecule has 206 valence electrons. The molecule has 0 saturated carbocycles. The van der Waals surface area contributed by atoms with E-state index in [0.717, 1.165) is 40.8 Å². The number of thioether (sulfide) groups is 1. The van der Waals surface area contributed by atoms with Crippen LogP contribution < -0.4 is 0 Å². The van der Waals surface area contributed by atoms with Crippen LogP contribution in [0.5, 0.6) is 0 Å². The number of nitrogens with zero attached hydrogens (tertiary/aromatic N) is 1. The minimum Gasteiger partial charge on any atom is -0.367 e. The smallest absolute Gasteiger partial charge is 0.256 e. The van der Waals surface area contributed by atoms with Gasteiger partial charge in [0.25, 0.3) is 5.91 Å². The molecule has 0 radical (unpaired) electrons. The van der Waals surface area contributed by atoms with E-state index in [2.05, 4.69) is 55.5 Å². The van der Waals surface area contributed by atoms with Gasteiger partial charge in [0.2, 0.25) is 0 Å². The fourth-order valence-electron chi connectivity index (χ4n) is 5.30. The third-order valence-electron chi connectivity index (χ3n) is 7.34. The van der Waals surface area contributed by atoms with E-state index in [1.54, 1.807) is 11.8 Å². The van der Waals surface area contributed by atoms with Gasteiger partial charge in [0.15, 0.2) is 6.10 Å². The lowest BCUT2D eigenvalue weighted by molar-refractivity contribution is -0.142. The summed E-state index contributed by atoms with van der Waals surface area (Å²) < 4.78 is 13.3. The molecule has 1 saturated heterocycles. The largest absolute Gasteiger partial charge is 0.367 e. The number of ether oxygens (including phenoxy) is 2. The van der Waals surface area contributed by atoms with Crippen molar-refractivity contribution in [3.63, 3.8) is 0 Å². The number of carbonyl (C=O) groups excluding carboxylic acids is 1. The number of unbranched alkanes of at least 4 members (excludes halogenated alkanes) is 1. The van der Waals surface area contributed by atoms with Crippen molar-refractivity contribution in [3.05, 3.63) is 138 Å². The number of hydrogen-bond donors (Lipinski definition) is 0. The minimum absolute atomic E-state index is 0.0163. The molecule has 1 fully saturated rings. The first-order chi connectivity index (χ1) is 19.7. The second kappa shape index (κ2) is 13.8. The highest BCUT2D eigenvalue weighted by Crippen LogP contribution is 2.50. The molecule has 1 heterocycles. The van der Waals surface area contributed by atoms with Gasteiger partial charge in [-0.1, -0.05) is 141 Å². The van der Waals surface area contributed by atoms with E-state index in [1.165, 1.54) is 0 Å². The Balaban J connectivity index is 1.56. The average Bonchev–Trinajstić information content (AvgIpc) is 3.21. The predicted molar refractivity (Wildman–Crippen MR) is 162 cm³/mol. The fraction of sp³-hybridized carbons (Fsp3) is 0.286. The van der Waals surface area contributed by atoms with Crippen molar-refractivity contribution in [2.24, 2.45) is 0 Å². The predicted octanol–water partition coefficient (Wildman–Crippen LogP) is 7.88. The topological polar surface area (TPSA) is 38.8 Å². The number of rotatable bonds is 13. The molecule has 4 nitrogen and oxygen atoms in total. The van der Waals surface area contributed by atoms with Gasteiger partial charge in [-0.3, -0.25) is 4.79 Å². The van der Waals surface area contributed by atoms with Gasteiger partial charge in [0, 0.05) is 11.4 Å². The van der Waals surface area contributed by atoms with Crippen molar-refractivity contribution < 1.29 is 14.3 Å². The van der Waals surface area contributed by atoms with Crippen molar-refractivity contribution >= 4 is 17.7 Å². The lowest BCUT2D eigenvalue weighted by Crippen LogP contribution is -2.49. The second-order valence-corrected chi connectivity index (χ2v) is 11.6. The van der Waals surface area contributed by atoms with E-state index in [4.69, 9.17) is 9.47 Å². The summed E-state index contributed by atoms with van der Waals surface area (Å²) in [6, 6.07) is 40.8. The Labute approximate surface area is 242 Å². The molecule has 1 aliphatic heterocycles. The van der Waals surface area contributed by atoms with Crippen LogP contribution in [0.25, 0.3) is 0 Å². The van der Waals surface area contributed by atoms with Crippen LogP contribution in [0, 0.1) is 0 Å². The lowest BCUT2D eigenvalue weighted by atomic mass is 10.0. The highest BCUT2D eigenvalue weighted by atomic mass is 32.2. The quantitative estimate of drug-likeness (QED) is 0.169. The monoisotopic (exact) mass is 551 g/mol.